The van der Waals surface area contributed by atoms with Crippen LogP contribution in [0, 0.1) is 0 Å². The van der Waals surface area contributed by atoms with E-state index in [-0.39, 0.29) is 0 Å². The Morgan fingerprint density at radius 2 is 1.40 bits per heavy atom. The molecule has 1 aliphatic rings. The number of azide groups is 2. The van der Waals surface area contributed by atoms with Crippen molar-refractivity contribution in [2.75, 3.05) is 0 Å². The lowest BCUT2D eigenvalue weighted by atomic mass is 10.1. The molecule has 0 aromatic heterocycles. The van der Waals surface area contributed by atoms with Crippen LogP contribution >= 0.6 is 0 Å². The lowest BCUT2D eigenvalue weighted by molar-refractivity contribution is -0.131. The highest BCUT2D eigenvalue weighted by Gasteiger charge is 2.06. The Hall–Kier alpha value is -3.94. The maximum absolute atomic E-state index is 10.7. The number of carbonyl (C=O) groups is 2. The molecule has 0 bridgehead atoms. The molecule has 30 heavy (non-hydrogen) atoms. The highest BCUT2D eigenvalue weighted by molar-refractivity contribution is 7.85. The minimum Gasteiger partial charge on any atom is -0.385 e. The van der Waals surface area contributed by atoms with E-state index in [9.17, 15) is 26.4 Å². The number of hydrogen-bond donors (Lipinski definition) is 1. The van der Waals surface area contributed by atoms with Crippen LogP contribution in [0.15, 0.2) is 69.9 Å². The van der Waals surface area contributed by atoms with Gasteiger partial charge in [-0.1, -0.05) is 42.5 Å². The molecule has 0 saturated heterocycles. The first kappa shape index (κ1) is 26.1. The second-order valence-corrected chi connectivity index (χ2v) is 6.74. The normalized spacial score (nSPS) is 12.4. The molecule has 2 rings (SSSR count). The van der Waals surface area contributed by atoms with E-state index in [0.29, 0.717) is 0 Å². The van der Waals surface area contributed by atoms with E-state index in [4.69, 9.17) is 15.6 Å². The van der Waals surface area contributed by atoms with Crippen LogP contribution < -0.4 is 0 Å². The highest BCUT2D eigenvalue weighted by atomic mass is 32.2. The number of allylic oxidation sites excluding steroid dienone is 4. The summed E-state index contributed by atoms with van der Waals surface area (Å²) < 4.78 is 56.4. The fraction of sp³-hybridized carbons (Fsp3) is 0. The van der Waals surface area contributed by atoms with Gasteiger partial charge < -0.3 is 4.18 Å². The highest BCUT2D eigenvalue weighted by Crippen LogP contribution is 2.03. The largest absolute Gasteiger partial charge is 0.402 e. The van der Waals surface area contributed by atoms with Crippen LogP contribution in [0.25, 0.3) is 27.0 Å². The Morgan fingerprint density at radius 3 is 1.77 bits per heavy atom. The minimum atomic E-state index is -4.47. The van der Waals surface area contributed by atoms with Gasteiger partial charge in [-0.2, -0.15) is 16.8 Å². The third kappa shape index (κ3) is 14.2. The summed E-state index contributed by atoms with van der Waals surface area (Å²) in [6.45, 7) is 0. The zero-order valence-corrected chi connectivity index (χ0v) is 16.3. The predicted molar refractivity (Wildman–Crippen MR) is 104 cm³/mol. The molecule has 0 amide bonds. The SMILES string of the molecule is O=C1C=CC=CC1=O.[N-]=[N+]=NS(=O)(=O)O.[N-]=[N+]=NS(=O)(=O)OC=Cc1ccccc1. The molecule has 1 aromatic carbocycles. The lowest BCUT2D eigenvalue weighted by Gasteiger charge is -1.93. The van der Waals surface area contributed by atoms with Gasteiger partial charge in [0.15, 0.2) is 0 Å². The predicted octanol–water partition coefficient (Wildman–Crippen LogP) is 2.58. The number of benzene rings is 1. The van der Waals surface area contributed by atoms with Crippen molar-refractivity contribution in [3.05, 3.63) is 87.3 Å². The molecular formula is C14H12N6O8S2. The van der Waals surface area contributed by atoms with Gasteiger partial charge in [0.1, 0.15) is 6.26 Å². The molecule has 0 aliphatic heterocycles. The second-order valence-electron chi connectivity index (χ2n) is 4.47. The zero-order chi connectivity index (χ0) is 23.0. The van der Waals surface area contributed by atoms with Crippen molar-refractivity contribution < 1.29 is 35.2 Å². The van der Waals surface area contributed by atoms with Crippen LogP contribution in [-0.4, -0.2) is 33.0 Å². The van der Waals surface area contributed by atoms with Crippen LogP contribution in [0.4, 0.5) is 0 Å². The third-order valence-electron chi connectivity index (χ3n) is 2.36. The van der Waals surface area contributed by atoms with Gasteiger partial charge in [0.05, 0.1) is 9.04 Å². The molecule has 14 nitrogen and oxygen atoms in total. The number of nitrogens with zero attached hydrogens (tertiary/aromatic N) is 6. The monoisotopic (exact) mass is 456 g/mol. The molecular weight excluding hydrogens is 444 g/mol. The first-order valence-corrected chi connectivity index (χ1v) is 9.95. The number of ketones is 2. The van der Waals surface area contributed by atoms with Gasteiger partial charge in [-0.05, 0) is 34.9 Å². The molecule has 0 heterocycles. The molecule has 1 aromatic rings. The first-order chi connectivity index (χ1) is 14.0. The Bertz CT molecular complexity index is 1120. The summed E-state index contributed by atoms with van der Waals surface area (Å²) in [7, 11) is -8.65. The van der Waals surface area contributed by atoms with Crippen LogP contribution in [0.2, 0.25) is 0 Å². The second kappa shape index (κ2) is 13.3. The Kier molecular flexibility index (Phi) is 11.5. The van der Waals surface area contributed by atoms with Crippen LogP contribution in [0.3, 0.4) is 0 Å². The summed E-state index contributed by atoms with van der Waals surface area (Å²) in [5.41, 5.74) is 16.0. The molecule has 0 radical (unpaired) electrons. The summed E-state index contributed by atoms with van der Waals surface area (Å²) in [4.78, 5) is 24.5. The van der Waals surface area contributed by atoms with E-state index in [1.807, 2.05) is 10.6 Å². The lowest BCUT2D eigenvalue weighted by Crippen LogP contribution is -2.08. The molecule has 16 heteroatoms. The topological polar surface area (TPSA) is 229 Å². The van der Waals surface area contributed by atoms with Gasteiger partial charge in [-0.3, -0.25) is 14.1 Å². The fourth-order valence-electron chi connectivity index (χ4n) is 1.30. The van der Waals surface area contributed by atoms with Crippen molar-refractivity contribution in [3.8, 4) is 0 Å². The van der Waals surface area contributed by atoms with Gasteiger partial charge in [0.2, 0.25) is 11.6 Å². The number of carbonyl (C=O) groups excluding carboxylic acids is 2. The van der Waals surface area contributed by atoms with Crippen LogP contribution in [0.5, 0.6) is 0 Å². The molecule has 1 aliphatic carbocycles. The van der Waals surface area contributed by atoms with Crippen LogP contribution in [-0.2, 0) is 34.4 Å². The minimum absolute atomic E-state index is 0.437. The average Bonchev–Trinajstić information content (AvgIpc) is 2.65. The molecule has 158 valence electrons. The van der Waals surface area contributed by atoms with Crippen molar-refractivity contribution >= 4 is 38.3 Å². The Balaban J connectivity index is 0.000000471. The Labute approximate surface area is 170 Å². The molecule has 0 spiro atoms. The van der Waals surface area contributed by atoms with E-state index in [1.54, 1.807) is 41.3 Å². The summed E-state index contributed by atoms with van der Waals surface area (Å²) in [5, 5.41) is 0. The molecule has 1 N–H and O–H groups in total. The van der Waals surface area contributed by atoms with E-state index >= 15 is 0 Å². The molecule has 0 saturated carbocycles. The standard InChI is InChI=1S/C8H7N3O3S.C6H4O2.HN3O3S/c9-10-11-15(12,13)14-7-6-8-4-2-1-3-5-8;7-5-3-1-2-4-6(5)8;1-2-3-7(4,5)6/h1-7H;1-4H;(H,4,5,6). The molecule has 0 unspecified atom stereocenters. The van der Waals surface area contributed by atoms with E-state index in [0.717, 1.165) is 11.8 Å². The molecule has 0 atom stereocenters. The molecule has 0 fully saturated rings. The van der Waals surface area contributed by atoms with Gasteiger partial charge in [0, 0.05) is 9.82 Å². The van der Waals surface area contributed by atoms with Crippen molar-refractivity contribution in [1.82, 2.24) is 0 Å². The van der Waals surface area contributed by atoms with Crippen molar-refractivity contribution in [2.45, 2.75) is 0 Å². The summed E-state index contributed by atoms with van der Waals surface area (Å²) in [6, 6.07) is 8.94. The first-order valence-electron chi connectivity index (χ1n) is 7.19. The Morgan fingerprint density at radius 1 is 0.900 bits per heavy atom. The average molecular weight is 456 g/mol. The summed E-state index contributed by atoms with van der Waals surface area (Å²) in [6.07, 6.45) is 7.97. The fourth-order valence-corrected chi connectivity index (χ4v) is 1.72. The van der Waals surface area contributed by atoms with Crippen molar-refractivity contribution in [3.63, 3.8) is 0 Å². The smallest absolute Gasteiger partial charge is 0.385 e. The zero-order valence-electron chi connectivity index (χ0n) is 14.7. The van der Waals surface area contributed by atoms with Gasteiger partial charge in [-0.15, -0.1) is 0 Å². The maximum Gasteiger partial charge on any atom is 0.402 e. The summed E-state index contributed by atoms with van der Waals surface area (Å²) in [5.74, 6) is -0.875. The maximum atomic E-state index is 10.7. The van der Waals surface area contributed by atoms with Crippen molar-refractivity contribution in [1.29, 1.82) is 0 Å². The third-order valence-corrected chi connectivity index (χ3v) is 3.27. The summed E-state index contributed by atoms with van der Waals surface area (Å²) >= 11 is 0. The number of hydrogen-bond acceptors (Lipinski definition) is 7. The van der Waals surface area contributed by atoms with Gasteiger partial charge in [0.25, 0.3) is 0 Å². The van der Waals surface area contributed by atoms with Gasteiger partial charge >= 0.3 is 20.6 Å². The van der Waals surface area contributed by atoms with E-state index in [1.165, 1.54) is 18.2 Å². The quantitative estimate of drug-likeness (QED) is 0.131. The van der Waals surface area contributed by atoms with E-state index < -0.39 is 32.2 Å². The van der Waals surface area contributed by atoms with Gasteiger partial charge in [-0.25, -0.2) is 0 Å². The van der Waals surface area contributed by atoms with Crippen LogP contribution in [0.1, 0.15) is 5.56 Å². The van der Waals surface area contributed by atoms with Crippen molar-refractivity contribution in [2.24, 2.45) is 9.04 Å². The van der Waals surface area contributed by atoms with E-state index in [2.05, 4.69) is 13.6 Å². The number of rotatable bonds is 5.